The lowest BCUT2D eigenvalue weighted by atomic mass is 10.1. The number of nitrogens with zero attached hydrogens (tertiary/aromatic N) is 1. The van der Waals surface area contributed by atoms with Crippen LogP contribution in [0.2, 0.25) is 10.0 Å². The predicted molar refractivity (Wildman–Crippen MR) is 112 cm³/mol. The number of thioether (sulfide) groups is 1. The quantitative estimate of drug-likeness (QED) is 0.532. The molecular weight excluding hydrogens is 405 g/mol. The maximum absolute atomic E-state index is 12.5. The minimum absolute atomic E-state index is 0.0355. The Balaban J connectivity index is 1.99. The lowest BCUT2D eigenvalue weighted by Gasteiger charge is -2.25. The Kier molecular flexibility index (Phi) is 6.58. The zero-order chi connectivity index (χ0) is 19.4. The van der Waals surface area contributed by atoms with E-state index >= 15 is 0 Å². The van der Waals surface area contributed by atoms with E-state index in [1.54, 1.807) is 34.9 Å². The standard InChI is InChI=1S/C20H19Cl2NO3S/c1-3-9-26-19-16(22)10-13(11-17(19)25-4-2)20-23(18(24)12-27-20)15-7-5-14(21)6-8-15/h3,5-8,10-11,20H,1,4,9,12H2,2H3/t20-/m0/s1. The Morgan fingerprint density at radius 2 is 2.00 bits per heavy atom. The van der Waals surface area contributed by atoms with Gasteiger partial charge in [0.05, 0.1) is 17.4 Å². The van der Waals surface area contributed by atoms with E-state index in [1.807, 2.05) is 31.2 Å². The van der Waals surface area contributed by atoms with E-state index < -0.39 is 0 Å². The van der Waals surface area contributed by atoms with E-state index in [9.17, 15) is 4.79 Å². The minimum atomic E-state index is -0.205. The SMILES string of the molecule is C=CCOc1c(Cl)cc([C@@H]2SCC(=O)N2c2ccc(Cl)cc2)cc1OCC. The van der Waals surface area contributed by atoms with E-state index in [1.165, 1.54) is 0 Å². The Morgan fingerprint density at radius 3 is 2.67 bits per heavy atom. The summed E-state index contributed by atoms with van der Waals surface area (Å²) in [6, 6.07) is 10.9. The number of halogens is 2. The molecule has 0 aromatic heterocycles. The highest BCUT2D eigenvalue weighted by molar-refractivity contribution is 8.00. The highest BCUT2D eigenvalue weighted by Gasteiger charge is 2.35. The molecule has 1 saturated heterocycles. The smallest absolute Gasteiger partial charge is 0.238 e. The van der Waals surface area contributed by atoms with Crippen molar-refractivity contribution in [2.24, 2.45) is 0 Å². The normalized spacial score (nSPS) is 16.5. The maximum atomic E-state index is 12.5. The molecule has 0 spiro atoms. The molecule has 7 heteroatoms. The summed E-state index contributed by atoms with van der Waals surface area (Å²) in [4.78, 5) is 14.3. The average molecular weight is 424 g/mol. The number of rotatable bonds is 7. The van der Waals surface area contributed by atoms with Gasteiger partial charge in [-0.05, 0) is 48.9 Å². The highest BCUT2D eigenvalue weighted by atomic mass is 35.5. The molecule has 0 saturated carbocycles. The van der Waals surface area contributed by atoms with Gasteiger partial charge in [-0.25, -0.2) is 0 Å². The van der Waals surface area contributed by atoms with Crippen molar-refractivity contribution in [3.63, 3.8) is 0 Å². The van der Waals surface area contributed by atoms with Gasteiger partial charge in [-0.1, -0.05) is 35.9 Å². The number of hydrogen-bond donors (Lipinski definition) is 0. The molecule has 1 aliphatic rings. The van der Waals surface area contributed by atoms with Crippen LogP contribution < -0.4 is 14.4 Å². The zero-order valence-electron chi connectivity index (χ0n) is 14.8. The molecule has 0 radical (unpaired) electrons. The maximum Gasteiger partial charge on any atom is 0.238 e. The molecule has 4 nitrogen and oxygen atoms in total. The van der Waals surface area contributed by atoms with Crippen molar-refractivity contribution >= 4 is 46.6 Å². The molecule has 142 valence electrons. The Hall–Kier alpha value is -1.82. The summed E-state index contributed by atoms with van der Waals surface area (Å²) in [5.41, 5.74) is 1.67. The molecule has 0 aliphatic carbocycles. The third-order valence-corrected chi connectivity index (χ3v) is 5.68. The van der Waals surface area contributed by atoms with Gasteiger partial charge in [0.25, 0.3) is 0 Å². The van der Waals surface area contributed by atoms with Crippen LogP contribution in [0.1, 0.15) is 17.9 Å². The van der Waals surface area contributed by atoms with Gasteiger partial charge in [-0.3, -0.25) is 9.69 Å². The fourth-order valence-corrected chi connectivity index (χ4v) is 4.38. The second-order valence-electron chi connectivity index (χ2n) is 5.77. The van der Waals surface area contributed by atoms with Crippen molar-refractivity contribution in [1.82, 2.24) is 0 Å². The van der Waals surface area contributed by atoms with Gasteiger partial charge in [0.2, 0.25) is 5.91 Å². The van der Waals surface area contributed by atoms with Crippen molar-refractivity contribution in [2.75, 3.05) is 23.9 Å². The molecule has 2 aromatic carbocycles. The Bertz CT molecular complexity index is 842. The summed E-state index contributed by atoms with van der Waals surface area (Å²) in [5.74, 6) is 1.46. The fraction of sp³-hybridized carbons (Fsp3) is 0.250. The summed E-state index contributed by atoms with van der Waals surface area (Å²) < 4.78 is 11.4. The lowest BCUT2D eigenvalue weighted by molar-refractivity contribution is -0.115. The summed E-state index contributed by atoms with van der Waals surface area (Å²) >= 11 is 14.0. The van der Waals surface area contributed by atoms with Crippen molar-refractivity contribution in [3.05, 3.63) is 64.7 Å². The predicted octanol–water partition coefficient (Wildman–Crippen LogP) is 5.74. The molecule has 2 aromatic rings. The second-order valence-corrected chi connectivity index (χ2v) is 7.68. The van der Waals surface area contributed by atoms with Gasteiger partial charge in [0.15, 0.2) is 11.5 Å². The molecule has 1 atom stereocenters. The van der Waals surface area contributed by atoms with Crippen LogP contribution in [0, 0.1) is 0 Å². The van der Waals surface area contributed by atoms with Crippen LogP contribution in [0.15, 0.2) is 49.1 Å². The second kappa shape index (κ2) is 8.91. The topological polar surface area (TPSA) is 38.8 Å². The Morgan fingerprint density at radius 1 is 1.26 bits per heavy atom. The third kappa shape index (κ3) is 4.37. The van der Waals surface area contributed by atoms with E-state index in [0.29, 0.717) is 40.5 Å². The van der Waals surface area contributed by atoms with Gasteiger partial charge < -0.3 is 9.47 Å². The first-order chi connectivity index (χ1) is 13.0. The van der Waals surface area contributed by atoms with E-state index in [2.05, 4.69) is 6.58 Å². The van der Waals surface area contributed by atoms with E-state index in [-0.39, 0.29) is 11.3 Å². The zero-order valence-corrected chi connectivity index (χ0v) is 17.1. The number of carbonyl (C=O) groups is 1. The van der Waals surface area contributed by atoms with Crippen LogP contribution in [-0.2, 0) is 4.79 Å². The largest absolute Gasteiger partial charge is 0.490 e. The van der Waals surface area contributed by atoms with Crippen LogP contribution in [-0.4, -0.2) is 24.9 Å². The molecule has 27 heavy (non-hydrogen) atoms. The van der Waals surface area contributed by atoms with Crippen LogP contribution >= 0.6 is 35.0 Å². The summed E-state index contributed by atoms with van der Waals surface area (Å²) in [7, 11) is 0. The van der Waals surface area contributed by atoms with Crippen LogP contribution in [0.25, 0.3) is 0 Å². The van der Waals surface area contributed by atoms with Gasteiger partial charge in [0, 0.05) is 10.7 Å². The minimum Gasteiger partial charge on any atom is -0.490 e. The molecular formula is C20H19Cl2NO3S. The van der Waals surface area contributed by atoms with Crippen molar-refractivity contribution in [3.8, 4) is 11.5 Å². The number of benzene rings is 2. The first kappa shape index (κ1) is 19.9. The molecule has 1 heterocycles. The van der Waals surface area contributed by atoms with E-state index in [4.69, 9.17) is 32.7 Å². The van der Waals surface area contributed by atoms with Crippen LogP contribution in [0.4, 0.5) is 5.69 Å². The monoisotopic (exact) mass is 423 g/mol. The van der Waals surface area contributed by atoms with Crippen molar-refractivity contribution < 1.29 is 14.3 Å². The summed E-state index contributed by atoms with van der Waals surface area (Å²) in [5, 5.41) is 0.859. The third-order valence-electron chi connectivity index (χ3n) is 3.94. The van der Waals surface area contributed by atoms with Gasteiger partial charge >= 0.3 is 0 Å². The Labute approximate surface area is 173 Å². The molecule has 0 unspecified atom stereocenters. The molecule has 0 bridgehead atoms. The number of anilines is 1. The first-order valence-electron chi connectivity index (χ1n) is 8.44. The summed E-state index contributed by atoms with van der Waals surface area (Å²) in [6.07, 6.45) is 1.65. The molecule has 1 aliphatic heterocycles. The number of ether oxygens (including phenoxy) is 2. The lowest BCUT2D eigenvalue weighted by Crippen LogP contribution is -2.27. The molecule has 0 N–H and O–H groups in total. The van der Waals surface area contributed by atoms with Gasteiger partial charge in [-0.2, -0.15) is 0 Å². The van der Waals surface area contributed by atoms with Crippen LogP contribution in [0.5, 0.6) is 11.5 Å². The van der Waals surface area contributed by atoms with Gasteiger partial charge in [-0.15, -0.1) is 11.8 Å². The van der Waals surface area contributed by atoms with Gasteiger partial charge in [0.1, 0.15) is 12.0 Å². The molecule has 1 amide bonds. The summed E-state index contributed by atoms with van der Waals surface area (Å²) in [6.45, 7) is 6.35. The average Bonchev–Trinajstić information content (AvgIpc) is 3.03. The number of amides is 1. The van der Waals surface area contributed by atoms with Crippen molar-refractivity contribution in [2.45, 2.75) is 12.3 Å². The molecule has 3 rings (SSSR count). The fourth-order valence-electron chi connectivity index (χ4n) is 2.83. The van der Waals surface area contributed by atoms with Crippen molar-refractivity contribution in [1.29, 1.82) is 0 Å². The van der Waals surface area contributed by atoms with Crippen LogP contribution in [0.3, 0.4) is 0 Å². The first-order valence-corrected chi connectivity index (χ1v) is 10.2. The number of hydrogen-bond acceptors (Lipinski definition) is 4. The molecule has 1 fully saturated rings. The van der Waals surface area contributed by atoms with E-state index in [0.717, 1.165) is 11.3 Å². The highest BCUT2D eigenvalue weighted by Crippen LogP contribution is 2.46. The number of carbonyl (C=O) groups excluding carboxylic acids is 1.